The molecule has 0 atom stereocenters. The van der Waals surface area contributed by atoms with Crippen LogP contribution in [0.2, 0.25) is 0 Å². The Morgan fingerprint density at radius 3 is 1.24 bits per heavy atom. The predicted octanol–water partition coefficient (Wildman–Crippen LogP) is 4.24. The molecule has 0 unspecified atom stereocenters. The van der Waals surface area contributed by atoms with Crippen molar-refractivity contribution in [2.45, 2.75) is 24.2 Å². The summed E-state index contributed by atoms with van der Waals surface area (Å²) < 4.78 is 128. The van der Waals surface area contributed by atoms with Crippen molar-refractivity contribution in [1.29, 1.82) is 0 Å². The van der Waals surface area contributed by atoms with Gasteiger partial charge < -0.3 is 0 Å². The lowest BCUT2D eigenvalue weighted by Crippen LogP contribution is -2.40. The van der Waals surface area contributed by atoms with E-state index in [0.717, 1.165) is 0 Å². The second kappa shape index (κ2) is 4.02. The second-order valence-corrected chi connectivity index (χ2v) is 2.69. The van der Waals surface area contributed by atoms with Crippen molar-refractivity contribution >= 4 is 0 Å². The van der Waals surface area contributed by atoms with Gasteiger partial charge in [0.05, 0.1) is 0 Å². The van der Waals surface area contributed by atoms with E-state index in [1.165, 1.54) is 0 Å². The summed E-state index contributed by atoms with van der Waals surface area (Å²) in [5, 5.41) is 0. The highest BCUT2D eigenvalue weighted by Gasteiger charge is 2.64. The zero-order valence-electron chi connectivity index (χ0n) is 7.23. The summed E-state index contributed by atoms with van der Waals surface area (Å²) in [5.74, 6) is -16.5. The highest BCUT2D eigenvalue weighted by Crippen LogP contribution is 2.45. The third-order valence-corrected chi connectivity index (χ3v) is 1.34. The Morgan fingerprint density at radius 2 is 1.00 bits per heavy atom. The van der Waals surface area contributed by atoms with Gasteiger partial charge in [-0.15, -0.1) is 0 Å². The maximum Gasteiger partial charge on any atom is 0.460 e. The molecule has 0 aliphatic heterocycles. The quantitative estimate of drug-likeness (QED) is 0.665. The van der Waals surface area contributed by atoms with Gasteiger partial charge in [-0.25, -0.2) is 4.39 Å². The van der Waals surface area contributed by atoms with Crippen molar-refractivity contribution < 1.29 is 48.3 Å². The fourth-order valence-corrected chi connectivity index (χ4v) is 0.467. The van der Waals surface area contributed by atoms with Crippen molar-refractivity contribution in [3.05, 3.63) is 11.9 Å². The number of allylic oxidation sites excluding steroid dienone is 2. The molecule has 0 rings (SSSR count). The first kappa shape index (κ1) is 16.0. The number of alkyl halides is 10. The van der Waals surface area contributed by atoms with Gasteiger partial charge in [-0.3, -0.25) is 0 Å². The lowest BCUT2D eigenvalue weighted by molar-refractivity contribution is -0.276. The molecule has 0 N–H and O–H groups in total. The molecule has 0 spiro atoms. The van der Waals surface area contributed by atoms with Gasteiger partial charge in [0, 0.05) is 6.08 Å². The molecule has 0 aromatic rings. The summed E-state index contributed by atoms with van der Waals surface area (Å²) in [6.07, 6.45) is -15.2. The number of hydrogen-bond donors (Lipinski definition) is 0. The number of hydrogen-bond acceptors (Lipinski definition) is 0. The third kappa shape index (κ3) is 3.22. The minimum absolute atomic E-state index is 2.11. The van der Waals surface area contributed by atoms with Crippen molar-refractivity contribution in [3.8, 4) is 0 Å². The van der Waals surface area contributed by atoms with E-state index in [1.807, 2.05) is 0 Å². The van der Waals surface area contributed by atoms with E-state index in [9.17, 15) is 48.3 Å². The summed E-state index contributed by atoms with van der Waals surface area (Å²) in [4.78, 5) is 0. The molecule has 11 heteroatoms. The van der Waals surface area contributed by atoms with Gasteiger partial charge in [0.25, 0.3) is 0 Å². The fraction of sp³-hybridized carbons (Fsp3) is 0.667. The molecule has 0 fully saturated rings. The van der Waals surface area contributed by atoms with Gasteiger partial charge in [0.1, 0.15) is 0 Å². The topological polar surface area (TPSA) is 0 Å². The molecule has 0 amide bonds. The molecule has 0 bridgehead atoms. The Kier molecular flexibility index (Phi) is 3.77. The van der Waals surface area contributed by atoms with Gasteiger partial charge in [-0.1, -0.05) is 0 Å². The van der Waals surface area contributed by atoms with E-state index < -0.39 is 36.1 Å². The molecule has 0 aliphatic carbocycles. The highest BCUT2D eigenvalue weighted by molar-refractivity contribution is 5.13. The van der Waals surface area contributed by atoms with Crippen molar-refractivity contribution in [3.63, 3.8) is 0 Å². The largest absolute Gasteiger partial charge is 0.460 e. The maximum atomic E-state index is 12.1. The molecule has 0 aliphatic rings. The first-order valence-corrected chi connectivity index (χ1v) is 3.41. The molecular formula is C6HF11. The summed E-state index contributed by atoms with van der Waals surface area (Å²) in [5.41, 5.74) is 0. The first-order chi connectivity index (χ1) is 7.13. The minimum atomic E-state index is -6.62. The average Bonchev–Trinajstić information content (AvgIpc) is 1.98. The van der Waals surface area contributed by atoms with Crippen LogP contribution in [0.4, 0.5) is 48.3 Å². The van der Waals surface area contributed by atoms with Crippen LogP contribution >= 0.6 is 0 Å². The van der Waals surface area contributed by atoms with Crippen LogP contribution in [0.25, 0.3) is 0 Å². The van der Waals surface area contributed by atoms with E-state index in [-0.39, 0.29) is 0 Å². The Bertz CT molecular complexity index is 303. The molecular weight excluding hydrogens is 281 g/mol. The molecule has 0 radical (unpaired) electrons. The normalized spacial score (nSPS) is 16.3. The van der Waals surface area contributed by atoms with Crippen molar-refractivity contribution in [2.75, 3.05) is 0 Å². The Morgan fingerprint density at radius 1 is 0.647 bits per heavy atom. The second-order valence-electron chi connectivity index (χ2n) is 2.69. The van der Waals surface area contributed by atoms with E-state index in [4.69, 9.17) is 0 Å². The molecule has 0 saturated heterocycles. The van der Waals surface area contributed by atoms with Crippen LogP contribution in [-0.4, -0.2) is 24.2 Å². The first-order valence-electron chi connectivity index (χ1n) is 3.41. The average molecular weight is 282 g/mol. The van der Waals surface area contributed by atoms with Crippen molar-refractivity contribution in [1.82, 2.24) is 0 Å². The summed E-state index contributed by atoms with van der Waals surface area (Å²) in [6, 6.07) is 0. The van der Waals surface area contributed by atoms with E-state index in [1.54, 1.807) is 0 Å². The van der Waals surface area contributed by atoms with Crippen LogP contribution in [0.3, 0.4) is 0 Å². The molecule has 102 valence electrons. The maximum absolute atomic E-state index is 12.1. The van der Waals surface area contributed by atoms with Gasteiger partial charge in [-0.2, -0.15) is 43.9 Å². The number of rotatable bonds is 2. The summed E-state index contributed by atoms with van der Waals surface area (Å²) in [6.45, 7) is 0. The lowest BCUT2D eigenvalue weighted by Gasteiger charge is -2.20. The molecule has 0 nitrogen and oxygen atoms in total. The van der Waals surface area contributed by atoms with Gasteiger partial charge in [-0.05, 0) is 0 Å². The zero-order chi connectivity index (χ0) is 14.3. The van der Waals surface area contributed by atoms with Gasteiger partial charge >= 0.3 is 24.2 Å². The van der Waals surface area contributed by atoms with E-state index >= 15 is 0 Å². The molecule has 0 aromatic carbocycles. The van der Waals surface area contributed by atoms with Crippen LogP contribution in [0, 0.1) is 0 Å². The smallest absolute Gasteiger partial charge is 0.205 e. The SMILES string of the molecule is FC(=CC(F)(F)C(F)(F)F)C(F)(F)C(F)(F)F. The summed E-state index contributed by atoms with van der Waals surface area (Å²) in [7, 11) is 0. The third-order valence-electron chi connectivity index (χ3n) is 1.34. The van der Waals surface area contributed by atoms with Crippen LogP contribution < -0.4 is 0 Å². The Hall–Kier alpha value is -1.03. The van der Waals surface area contributed by atoms with Crippen LogP contribution in [0.1, 0.15) is 0 Å². The number of halogens is 11. The van der Waals surface area contributed by atoms with E-state index in [0.29, 0.717) is 0 Å². The molecule has 0 saturated carbocycles. The van der Waals surface area contributed by atoms with Crippen LogP contribution in [-0.2, 0) is 0 Å². The Balaban J connectivity index is 5.40. The fourth-order valence-electron chi connectivity index (χ4n) is 0.467. The van der Waals surface area contributed by atoms with Crippen LogP contribution in [0.15, 0.2) is 11.9 Å². The monoisotopic (exact) mass is 282 g/mol. The highest BCUT2D eigenvalue weighted by atomic mass is 19.4. The molecule has 0 aromatic heterocycles. The zero-order valence-corrected chi connectivity index (χ0v) is 7.23. The molecule has 0 heterocycles. The van der Waals surface area contributed by atoms with Crippen LogP contribution in [0.5, 0.6) is 0 Å². The summed E-state index contributed by atoms with van der Waals surface area (Å²) >= 11 is 0. The van der Waals surface area contributed by atoms with Crippen molar-refractivity contribution in [2.24, 2.45) is 0 Å². The predicted molar refractivity (Wildman–Crippen MR) is 31.2 cm³/mol. The van der Waals surface area contributed by atoms with Gasteiger partial charge in [0.15, 0.2) is 5.83 Å². The van der Waals surface area contributed by atoms with E-state index in [2.05, 4.69) is 0 Å². The minimum Gasteiger partial charge on any atom is -0.205 e. The molecule has 17 heavy (non-hydrogen) atoms. The van der Waals surface area contributed by atoms with Gasteiger partial charge in [0.2, 0.25) is 0 Å². The Labute approximate surface area is 85.7 Å². The lowest BCUT2D eigenvalue weighted by atomic mass is 10.2. The standard InChI is InChI=1S/C6HF11/c7-2(4(10,11)6(15,16)17)1-3(8,9)5(12,13)14/h1H.